The lowest BCUT2D eigenvalue weighted by molar-refractivity contribution is -0.147. The Morgan fingerprint density at radius 3 is 2.38 bits per heavy atom. The van der Waals surface area contributed by atoms with Gasteiger partial charge in [-0.25, -0.2) is 4.79 Å². The molecule has 0 fully saturated rings. The van der Waals surface area contributed by atoms with Gasteiger partial charge in [0.2, 0.25) is 5.91 Å². The van der Waals surface area contributed by atoms with E-state index in [9.17, 15) is 27.6 Å². The number of rotatable bonds is 6. The monoisotopic (exact) mass is 309 g/mol. The van der Waals surface area contributed by atoms with E-state index < -0.39 is 48.7 Å². The molecule has 116 valence electrons. The van der Waals surface area contributed by atoms with Crippen molar-refractivity contribution in [3.05, 3.63) is 18.0 Å². The number of aliphatic carboxylic acids is 2. The Balaban J connectivity index is 2.66. The van der Waals surface area contributed by atoms with E-state index in [4.69, 9.17) is 10.2 Å². The standard InChI is InChI=1S/C10H10F3N3O5/c11-10(12,13)6-1-2-16(15-6)4-7(17)14-5(9(20)21)3-8(18)19/h1-2,5H,3-4H2,(H,14,17)(H,18,19)(H,20,21). The van der Waals surface area contributed by atoms with E-state index in [2.05, 4.69) is 5.10 Å². The third-order valence-electron chi connectivity index (χ3n) is 2.25. The zero-order chi connectivity index (χ0) is 16.2. The molecule has 0 aliphatic rings. The maximum absolute atomic E-state index is 12.3. The van der Waals surface area contributed by atoms with Crippen molar-refractivity contribution in [3.8, 4) is 0 Å². The van der Waals surface area contributed by atoms with Gasteiger partial charge in [-0.1, -0.05) is 0 Å². The van der Waals surface area contributed by atoms with Crippen molar-refractivity contribution < 1.29 is 37.8 Å². The molecule has 1 aromatic heterocycles. The second-order valence-corrected chi connectivity index (χ2v) is 3.95. The third kappa shape index (κ3) is 5.12. The summed E-state index contributed by atoms with van der Waals surface area (Å²) in [6.07, 6.45) is -4.61. The molecule has 0 radical (unpaired) electrons. The molecule has 1 atom stereocenters. The predicted molar refractivity (Wildman–Crippen MR) is 59.0 cm³/mol. The minimum atomic E-state index is -4.66. The van der Waals surface area contributed by atoms with Crippen molar-refractivity contribution in [2.24, 2.45) is 0 Å². The minimum Gasteiger partial charge on any atom is -0.481 e. The molecule has 0 aliphatic carbocycles. The molecule has 21 heavy (non-hydrogen) atoms. The second kappa shape index (κ2) is 6.24. The van der Waals surface area contributed by atoms with Crippen molar-refractivity contribution in [1.29, 1.82) is 0 Å². The Labute approximate surface area is 115 Å². The fraction of sp³-hybridized carbons (Fsp3) is 0.400. The van der Waals surface area contributed by atoms with Crippen LogP contribution in [-0.2, 0) is 27.1 Å². The smallest absolute Gasteiger partial charge is 0.435 e. The first-order valence-electron chi connectivity index (χ1n) is 5.44. The largest absolute Gasteiger partial charge is 0.481 e. The minimum absolute atomic E-state index is 0.652. The highest BCUT2D eigenvalue weighted by Crippen LogP contribution is 2.27. The maximum Gasteiger partial charge on any atom is 0.435 e. The quantitative estimate of drug-likeness (QED) is 0.677. The molecule has 0 saturated carbocycles. The highest BCUT2D eigenvalue weighted by atomic mass is 19.4. The van der Waals surface area contributed by atoms with Gasteiger partial charge in [-0.15, -0.1) is 0 Å². The highest BCUT2D eigenvalue weighted by molar-refractivity contribution is 5.86. The van der Waals surface area contributed by atoms with Gasteiger partial charge in [0.1, 0.15) is 12.6 Å². The highest BCUT2D eigenvalue weighted by Gasteiger charge is 2.33. The molecule has 0 bridgehead atoms. The maximum atomic E-state index is 12.3. The van der Waals surface area contributed by atoms with Gasteiger partial charge in [0.15, 0.2) is 5.69 Å². The Morgan fingerprint density at radius 2 is 1.95 bits per heavy atom. The van der Waals surface area contributed by atoms with Gasteiger partial charge < -0.3 is 15.5 Å². The van der Waals surface area contributed by atoms with Gasteiger partial charge in [-0.3, -0.25) is 14.3 Å². The average molecular weight is 309 g/mol. The molecule has 0 aromatic carbocycles. The summed E-state index contributed by atoms with van der Waals surface area (Å²) < 4.78 is 37.5. The number of amides is 1. The van der Waals surface area contributed by atoms with Crippen LogP contribution in [0.25, 0.3) is 0 Å². The lowest BCUT2D eigenvalue weighted by atomic mass is 10.2. The molecule has 0 saturated heterocycles. The zero-order valence-corrected chi connectivity index (χ0v) is 10.3. The van der Waals surface area contributed by atoms with Crippen LogP contribution in [0.2, 0.25) is 0 Å². The first kappa shape index (κ1) is 16.5. The normalized spacial score (nSPS) is 12.7. The molecular formula is C10H10F3N3O5. The molecule has 1 aromatic rings. The summed E-state index contributed by atoms with van der Waals surface area (Å²) >= 11 is 0. The number of hydrogen-bond acceptors (Lipinski definition) is 4. The molecular weight excluding hydrogens is 299 g/mol. The van der Waals surface area contributed by atoms with Crippen molar-refractivity contribution in [1.82, 2.24) is 15.1 Å². The predicted octanol–water partition coefficient (Wildman–Crippen LogP) is -0.0540. The second-order valence-electron chi connectivity index (χ2n) is 3.95. The fourth-order valence-corrected chi connectivity index (χ4v) is 1.36. The van der Waals surface area contributed by atoms with E-state index in [0.29, 0.717) is 10.7 Å². The number of alkyl halides is 3. The van der Waals surface area contributed by atoms with Gasteiger partial charge in [0.25, 0.3) is 0 Å². The number of carboxylic acid groups (broad SMARTS) is 2. The van der Waals surface area contributed by atoms with Crippen LogP contribution in [0.3, 0.4) is 0 Å². The van der Waals surface area contributed by atoms with Crippen molar-refractivity contribution in [2.45, 2.75) is 25.2 Å². The summed E-state index contributed by atoms with van der Waals surface area (Å²) in [5.41, 5.74) is -1.20. The number of carboxylic acids is 2. The van der Waals surface area contributed by atoms with Crippen LogP contribution in [0.1, 0.15) is 12.1 Å². The summed E-state index contributed by atoms with van der Waals surface area (Å²) in [5.74, 6) is -3.98. The van der Waals surface area contributed by atoms with Gasteiger partial charge in [-0.2, -0.15) is 18.3 Å². The van der Waals surface area contributed by atoms with E-state index in [0.717, 1.165) is 6.20 Å². The lowest BCUT2D eigenvalue weighted by Gasteiger charge is -2.12. The Bertz CT molecular complexity index is 554. The lowest BCUT2D eigenvalue weighted by Crippen LogP contribution is -2.43. The van der Waals surface area contributed by atoms with Crippen LogP contribution in [-0.4, -0.2) is 43.9 Å². The van der Waals surface area contributed by atoms with Crippen LogP contribution >= 0.6 is 0 Å². The Morgan fingerprint density at radius 1 is 1.33 bits per heavy atom. The fourth-order valence-electron chi connectivity index (χ4n) is 1.36. The number of nitrogens with one attached hydrogen (secondary N) is 1. The molecule has 1 unspecified atom stereocenters. The number of carbonyl (C=O) groups excluding carboxylic acids is 1. The summed E-state index contributed by atoms with van der Waals surface area (Å²) in [7, 11) is 0. The zero-order valence-electron chi connectivity index (χ0n) is 10.3. The van der Waals surface area contributed by atoms with E-state index in [-0.39, 0.29) is 0 Å². The van der Waals surface area contributed by atoms with Crippen LogP contribution in [0.15, 0.2) is 12.3 Å². The molecule has 1 heterocycles. The van der Waals surface area contributed by atoms with Crippen LogP contribution in [0, 0.1) is 0 Å². The summed E-state index contributed by atoms with van der Waals surface area (Å²) in [6, 6.07) is -1.02. The first-order chi connectivity index (χ1) is 9.59. The number of hydrogen-bond donors (Lipinski definition) is 3. The van der Waals surface area contributed by atoms with Gasteiger partial charge in [-0.05, 0) is 6.07 Å². The van der Waals surface area contributed by atoms with Gasteiger partial charge in [0, 0.05) is 6.20 Å². The number of halogens is 3. The SMILES string of the molecule is O=C(O)CC(NC(=O)Cn1ccc(C(F)(F)F)n1)C(=O)O. The Kier molecular flexibility index (Phi) is 4.89. The van der Waals surface area contributed by atoms with E-state index >= 15 is 0 Å². The summed E-state index contributed by atoms with van der Waals surface area (Å²) in [4.78, 5) is 32.6. The molecule has 11 heteroatoms. The van der Waals surface area contributed by atoms with Crippen LogP contribution in [0.5, 0.6) is 0 Å². The molecule has 3 N–H and O–H groups in total. The number of carbonyl (C=O) groups is 3. The van der Waals surface area contributed by atoms with E-state index in [1.54, 1.807) is 0 Å². The van der Waals surface area contributed by atoms with Crippen LogP contribution < -0.4 is 5.32 Å². The molecule has 8 nitrogen and oxygen atoms in total. The Hall–Kier alpha value is -2.59. The third-order valence-corrected chi connectivity index (χ3v) is 2.25. The molecule has 0 spiro atoms. The van der Waals surface area contributed by atoms with Gasteiger partial charge >= 0.3 is 18.1 Å². The average Bonchev–Trinajstić information content (AvgIpc) is 2.75. The molecule has 1 amide bonds. The van der Waals surface area contributed by atoms with Crippen molar-refractivity contribution in [2.75, 3.05) is 0 Å². The number of aromatic nitrogens is 2. The van der Waals surface area contributed by atoms with Crippen LogP contribution in [0.4, 0.5) is 13.2 Å². The summed E-state index contributed by atoms with van der Waals surface area (Å²) in [5, 5.41) is 22.2. The van der Waals surface area contributed by atoms with Crippen molar-refractivity contribution >= 4 is 17.8 Å². The van der Waals surface area contributed by atoms with Crippen molar-refractivity contribution in [3.63, 3.8) is 0 Å². The molecule has 1 rings (SSSR count). The van der Waals surface area contributed by atoms with E-state index in [1.165, 1.54) is 0 Å². The topological polar surface area (TPSA) is 122 Å². The summed E-state index contributed by atoms with van der Waals surface area (Å²) in [6.45, 7) is -0.667. The van der Waals surface area contributed by atoms with Gasteiger partial charge in [0.05, 0.1) is 6.42 Å². The first-order valence-corrected chi connectivity index (χ1v) is 5.44. The van der Waals surface area contributed by atoms with E-state index in [1.807, 2.05) is 5.32 Å². The number of nitrogens with zero attached hydrogens (tertiary/aromatic N) is 2. The molecule has 0 aliphatic heterocycles.